The van der Waals surface area contributed by atoms with Crippen molar-refractivity contribution >= 4 is 5.97 Å². The molecule has 0 fully saturated rings. The lowest BCUT2D eigenvalue weighted by Crippen LogP contribution is -1.99. The number of rotatable bonds is 3. The van der Waals surface area contributed by atoms with Crippen LogP contribution in [0.2, 0.25) is 0 Å². The molecule has 8 heteroatoms. The molecule has 0 amide bonds. The van der Waals surface area contributed by atoms with E-state index in [0.29, 0.717) is 11.6 Å². The summed E-state index contributed by atoms with van der Waals surface area (Å²) in [4.78, 5) is 15.0. The minimum Gasteiger partial charge on any atom is -0.476 e. The summed E-state index contributed by atoms with van der Waals surface area (Å²) in [6.45, 7) is 0. The highest BCUT2D eigenvalue weighted by Gasteiger charge is 2.16. The summed E-state index contributed by atoms with van der Waals surface area (Å²) in [5.74, 6) is 5.82. The number of H-pyrrole nitrogens is 1. The van der Waals surface area contributed by atoms with Crippen LogP contribution in [-0.2, 0) is 7.05 Å². The number of aryl methyl sites for hydroxylation is 1. The standard InChI is InChI=1S/C15H11N5O3/c1-20-9-8-16-12(20)7-4-10-2-5-11(6-3-10)23-14-13(15(21)22)17-19-18-14/h2-3,5-6,8-9H,1H3,(H,21,22)(H,17,18,19). The van der Waals surface area contributed by atoms with Crippen LogP contribution in [0, 0.1) is 11.8 Å². The molecular weight excluding hydrogens is 298 g/mol. The lowest BCUT2D eigenvalue weighted by atomic mass is 10.2. The van der Waals surface area contributed by atoms with Crippen LogP contribution in [0.3, 0.4) is 0 Å². The maximum Gasteiger partial charge on any atom is 0.362 e. The molecule has 23 heavy (non-hydrogen) atoms. The van der Waals surface area contributed by atoms with Crippen molar-refractivity contribution in [1.82, 2.24) is 25.0 Å². The fourth-order valence-corrected chi connectivity index (χ4v) is 1.77. The van der Waals surface area contributed by atoms with Crippen molar-refractivity contribution in [3.05, 3.63) is 53.7 Å². The van der Waals surface area contributed by atoms with Crippen LogP contribution in [0.4, 0.5) is 0 Å². The zero-order valence-corrected chi connectivity index (χ0v) is 12.0. The number of carboxylic acids is 1. The molecule has 2 aromatic heterocycles. The highest BCUT2D eigenvalue weighted by molar-refractivity contribution is 5.87. The van der Waals surface area contributed by atoms with Crippen molar-refractivity contribution in [1.29, 1.82) is 0 Å². The molecule has 0 aliphatic rings. The number of nitrogens with zero attached hydrogens (tertiary/aromatic N) is 4. The summed E-state index contributed by atoms with van der Waals surface area (Å²) >= 11 is 0. The van der Waals surface area contributed by atoms with Gasteiger partial charge in [-0.25, -0.2) is 14.9 Å². The second-order valence-electron chi connectivity index (χ2n) is 4.53. The first-order valence-corrected chi connectivity index (χ1v) is 6.55. The molecule has 2 heterocycles. The molecule has 2 N–H and O–H groups in total. The van der Waals surface area contributed by atoms with Gasteiger partial charge in [0.1, 0.15) is 5.75 Å². The van der Waals surface area contributed by atoms with E-state index in [1.807, 2.05) is 17.8 Å². The molecule has 114 valence electrons. The number of carbonyl (C=O) groups is 1. The highest BCUT2D eigenvalue weighted by atomic mass is 16.5. The normalized spacial score (nSPS) is 9.96. The molecule has 0 bridgehead atoms. The van der Waals surface area contributed by atoms with Gasteiger partial charge >= 0.3 is 5.97 Å². The molecule has 0 aliphatic heterocycles. The number of carboxylic acid groups (broad SMARTS) is 1. The van der Waals surface area contributed by atoms with Crippen LogP contribution in [0.15, 0.2) is 36.7 Å². The molecule has 0 atom stereocenters. The largest absolute Gasteiger partial charge is 0.476 e. The Labute approximate surface area is 130 Å². The number of aromatic amines is 1. The number of aromatic carboxylic acids is 1. The fraction of sp³-hybridized carbons (Fsp3) is 0.0667. The predicted octanol–water partition coefficient (Wildman–Crippen LogP) is 1.43. The van der Waals surface area contributed by atoms with Gasteiger partial charge in [0.2, 0.25) is 5.69 Å². The van der Waals surface area contributed by atoms with Crippen LogP contribution in [0.5, 0.6) is 11.6 Å². The Morgan fingerprint density at radius 1 is 1.30 bits per heavy atom. The quantitative estimate of drug-likeness (QED) is 0.709. The van der Waals surface area contributed by atoms with E-state index in [9.17, 15) is 4.79 Å². The van der Waals surface area contributed by atoms with Gasteiger partial charge in [0.05, 0.1) is 0 Å². The SMILES string of the molecule is Cn1ccnc1C#Cc1ccc(Oc2[nH]nnc2C(=O)O)cc1. The zero-order chi connectivity index (χ0) is 16.2. The van der Waals surface area contributed by atoms with Gasteiger partial charge in [-0.1, -0.05) is 11.1 Å². The van der Waals surface area contributed by atoms with Gasteiger partial charge < -0.3 is 14.4 Å². The number of imidazole rings is 1. The third kappa shape index (κ3) is 3.19. The van der Waals surface area contributed by atoms with Crippen molar-refractivity contribution in [3.8, 4) is 23.5 Å². The lowest BCUT2D eigenvalue weighted by molar-refractivity contribution is 0.0687. The Balaban J connectivity index is 1.75. The number of aromatic nitrogens is 5. The van der Waals surface area contributed by atoms with E-state index in [1.54, 1.807) is 30.5 Å². The summed E-state index contributed by atoms with van der Waals surface area (Å²) in [5.41, 5.74) is 0.505. The van der Waals surface area contributed by atoms with Gasteiger partial charge in [-0.3, -0.25) is 0 Å². The topological polar surface area (TPSA) is 106 Å². The van der Waals surface area contributed by atoms with Gasteiger partial charge in [-0.05, 0) is 30.2 Å². The Hall–Kier alpha value is -3.60. The van der Waals surface area contributed by atoms with Crippen LogP contribution >= 0.6 is 0 Å². The maximum atomic E-state index is 10.9. The average Bonchev–Trinajstić information content (AvgIpc) is 3.16. The van der Waals surface area contributed by atoms with Crippen molar-refractivity contribution in [2.24, 2.45) is 7.05 Å². The van der Waals surface area contributed by atoms with E-state index in [4.69, 9.17) is 9.84 Å². The van der Waals surface area contributed by atoms with E-state index in [0.717, 1.165) is 5.56 Å². The zero-order valence-electron chi connectivity index (χ0n) is 12.0. The van der Waals surface area contributed by atoms with Crippen molar-refractivity contribution in [2.75, 3.05) is 0 Å². The van der Waals surface area contributed by atoms with Crippen LogP contribution in [-0.4, -0.2) is 36.0 Å². The summed E-state index contributed by atoms with van der Waals surface area (Å²) in [5, 5.41) is 18.2. The molecule has 0 aliphatic carbocycles. The third-order valence-corrected chi connectivity index (χ3v) is 2.93. The smallest absolute Gasteiger partial charge is 0.362 e. The minimum atomic E-state index is -1.22. The summed E-state index contributed by atoms with van der Waals surface area (Å²) in [6, 6.07) is 6.87. The molecular formula is C15H11N5O3. The summed E-state index contributed by atoms with van der Waals surface area (Å²) in [7, 11) is 1.87. The monoisotopic (exact) mass is 309 g/mol. The van der Waals surface area contributed by atoms with Crippen LogP contribution in [0.25, 0.3) is 0 Å². The minimum absolute atomic E-state index is 0.0238. The molecule has 0 unspecified atom stereocenters. The van der Waals surface area contributed by atoms with Gasteiger partial charge in [-0.2, -0.15) is 0 Å². The average molecular weight is 309 g/mol. The third-order valence-electron chi connectivity index (χ3n) is 2.93. The van der Waals surface area contributed by atoms with E-state index >= 15 is 0 Å². The molecule has 0 spiro atoms. The first-order valence-electron chi connectivity index (χ1n) is 6.55. The molecule has 3 rings (SSSR count). The number of hydrogen-bond acceptors (Lipinski definition) is 5. The molecule has 0 radical (unpaired) electrons. The van der Waals surface area contributed by atoms with Gasteiger partial charge in [-0.15, -0.1) is 5.10 Å². The van der Waals surface area contributed by atoms with Crippen LogP contribution < -0.4 is 4.74 Å². The Morgan fingerprint density at radius 3 is 2.74 bits per heavy atom. The second kappa shape index (κ2) is 6.03. The Morgan fingerprint density at radius 2 is 2.09 bits per heavy atom. The van der Waals surface area contributed by atoms with Crippen LogP contribution in [0.1, 0.15) is 21.9 Å². The fourth-order valence-electron chi connectivity index (χ4n) is 1.77. The van der Waals surface area contributed by atoms with Crippen molar-refractivity contribution < 1.29 is 14.6 Å². The maximum absolute atomic E-state index is 10.9. The number of ether oxygens (including phenoxy) is 1. The number of hydrogen-bond donors (Lipinski definition) is 2. The molecule has 0 saturated heterocycles. The predicted molar refractivity (Wildman–Crippen MR) is 79.0 cm³/mol. The van der Waals surface area contributed by atoms with Crippen molar-refractivity contribution in [2.45, 2.75) is 0 Å². The van der Waals surface area contributed by atoms with E-state index < -0.39 is 5.97 Å². The summed E-state index contributed by atoms with van der Waals surface area (Å²) < 4.78 is 7.23. The second-order valence-corrected chi connectivity index (χ2v) is 4.53. The molecule has 1 aromatic carbocycles. The number of benzene rings is 1. The highest BCUT2D eigenvalue weighted by Crippen LogP contribution is 2.21. The lowest BCUT2D eigenvalue weighted by Gasteiger charge is -2.02. The Bertz CT molecular complexity index is 899. The van der Waals surface area contributed by atoms with Gasteiger partial charge in [0.15, 0.2) is 5.82 Å². The molecule has 8 nitrogen and oxygen atoms in total. The van der Waals surface area contributed by atoms with E-state index in [2.05, 4.69) is 32.2 Å². The van der Waals surface area contributed by atoms with E-state index in [1.165, 1.54) is 0 Å². The molecule has 3 aromatic rings. The first kappa shape index (κ1) is 14.3. The first-order chi connectivity index (χ1) is 11.1. The summed E-state index contributed by atoms with van der Waals surface area (Å²) in [6.07, 6.45) is 3.50. The van der Waals surface area contributed by atoms with Gasteiger partial charge in [0, 0.05) is 25.0 Å². The Kier molecular flexibility index (Phi) is 3.76. The van der Waals surface area contributed by atoms with Crippen molar-refractivity contribution in [3.63, 3.8) is 0 Å². The molecule has 0 saturated carbocycles. The van der Waals surface area contributed by atoms with E-state index in [-0.39, 0.29) is 11.6 Å². The van der Waals surface area contributed by atoms with Gasteiger partial charge in [0.25, 0.3) is 5.88 Å². The number of nitrogens with one attached hydrogen (secondary N) is 1.